The van der Waals surface area contributed by atoms with Crippen LogP contribution in [0, 0.1) is 13.8 Å². The van der Waals surface area contributed by atoms with Gasteiger partial charge in [0, 0.05) is 23.1 Å². The highest BCUT2D eigenvalue weighted by atomic mass is 16.5. The molecule has 3 nitrogen and oxygen atoms in total. The largest absolute Gasteiger partial charge is 0.496 e. The normalized spacial score (nSPS) is 17.3. The Kier molecular flexibility index (Phi) is 3.38. The van der Waals surface area contributed by atoms with E-state index in [1.54, 1.807) is 7.11 Å². The van der Waals surface area contributed by atoms with E-state index in [4.69, 9.17) is 4.74 Å². The summed E-state index contributed by atoms with van der Waals surface area (Å²) in [7, 11) is 1.73. The Balaban J connectivity index is 1.88. The van der Waals surface area contributed by atoms with Crippen LogP contribution in [-0.2, 0) is 6.42 Å². The Labute approximate surface area is 136 Å². The quantitative estimate of drug-likeness (QED) is 0.750. The van der Waals surface area contributed by atoms with Gasteiger partial charge in [-0.2, -0.15) is 0 Å². The summed E-state index contributed by atoms with van der Waals surface area (Å²) < 4.78 is 5.46. The molecule has 1 atom stereocenters. The highest BCUT2D eigenvalue weighted by molar-refractivity contribution is 5.85. The molecule has 0 bridgehead atoms. The third kappa shape index (κ3) is 2.15. The molecule has 1 aliphatic rings. The minimum atomic E-state index is 0.218. The fraction of sp³-hybridized carbons (Fsp3) is 0.300. The van der Waals surface area contributed by atoms with Crippen LogP contribution in [0.4, 0.5) is 0 Å². The number of hydrogen-bond acceptors (Lipinski definition) is 2. The van der Waals surface area contributed by atoms with Gasteiger partial charge >= 0.3 is 0 Å². The first-order valence-corrected chi connectivity index (χ1v) is 8.17. The van der Waals surface area contributed by atoms with Gasteiger partial charge in [-0.05, 0) is 54.7 Å². The van der Waals surface area contributed by atoms with Crippen molar-refractivity contribution in [1.82, 2.24) is 10.3 Å². The van der Waals surface area contributed by atoms with Crippen molar-refractivity contribution in [1.29, 1.82) is 0 Å². The van der Waals surface area contributed by atoms with Crippen LogP contribution in [0.5, 0.6) is 5.75 Å². The maximum Gasteiger partial charge on any atom is 0.122 e. The lowest BCUT2D eigenvalue weighted by Crippen LogP contribution is -2.31. The molecule has 0 amide bonds. The van der Waals surface area contributed by atoms with Crippen molar-refractivity contribution < 1.29 is 4.74 Å². The molecule has 0 saturated carbocycles. The number of nitrogens with one attached hydrogen (secondary N) is 2. The number of fused-ring (bicyclic) bond motifs is 3. The van der Waals surface area contributed by atoms with Gasteiger partial charge in [-0.3, -0.25) is 0 Å². The second-order valence-electron chi connectivity index (χ2n) is 6.31. The number of aromatic amines is 1. The lowest BCUT2D eigenvalue weighted by atomic mass is 9.90. The summed E-state index contributed by atoms with van der Waals surface area (Å²) in [5.41, 5.74) is 7.84. The molecule has 2 N–H and O–H groups in total. The Hall–Kier alpha value is -2.26. The number of benzene rings is 2. The fourth-order valence-corrected chi connectivity index (χ4v) is 3.80. The smallest absolute Gasteiger partial charge is 0.122 e. The lowest BCUT2D eigenvalue weighted by molar-refractivity contribution is 0.410. The van der Waals surface area contributed by atoms with Crippen LogP contribution in [0.2, 0.25) is 0 Å². The summed E-state index contributed by atoms with van der Waals surface area (Å²) in [6.45, 7) is 5.32. The van der Waals surface area contributed by atoms with Crippen molar-refractivity contribution in [3.8, 4) is 5.75 Å². The Morgan fingerprint density at radius 3 is 2.70 bits per heavy atom. The van der Waals surface area contributed by atoms with Crippen LogP contribution in [0.15, 0.2) is 36.4 Å². The van der Waals surface area contributed by atoms with Gasteiger partial charge in [-0.25, -0.2) is 0 Å². The number of aromatic nitrogens is 1. The van der Waals surface area contributed by atoms with Crippen molar-refractivity contribution in [2.75, 3.05) is 13.7 Å². The third-order valence-electron chi connectivity index (χ3n) is 5.17. The second kappa shape index (κ2) is 5.43. The van der Waals surface area contributed by atoms with Gasteiger partial charge in [-0.1, -0.05) is 24.3 Å². The maximum atomic E-state index is 5.46. The molecule has 0 radical (unpaired) electrons. The summed E-state index contributed by atoms with van der Waals surface area (Å²) in [6.07, 6.45) is 1.07. The minimum absolute atomic E-state index is 0.218. The Morgan fingerprint density at radius 2 is 1.87 bits per heavy atom. The van der Waals surface area contributed by atoms with Crippen molar-refractivity contribution in [3.05, 3.63) is 64.3 Å². The van der Waals surface area contributed by atoms with Crippen molar-refractivity contribution in [3.63, 3.8) is 0 Å². The molecule has 0 spiro atoms. The molecular formula is C20H22N2O. The minimum Gasteiger partial charge on any atom is -0.496 e. The van der Waals surface area contributed by atoms with E-state index >= 15 is 0 Å². The number of para-hydroxylation sites is 1. The standard InChI is InChI=1S/C20H22N2O/c1-12-13(2)18(23-3)9-8-14(12)19-20-16(10-11-21-19)15-6-4-5-7-17(15)22-20/h4-9,19,21-22H,10-11H2,1-3H3. The molecule has 0 fully saturated rings. The average Bonchev–Trinajstić information content (AvgIpc) is 2.96. The van der Waals surface area contributed by atoms with Crippen LogP contribution in [-0.4, -0.2) is 18.6 Å². The third-order valence-corrected chi connectivity index (χ3v) is 5.17. The molecule has 3 heteroatoms. The topological polar surface area (TPSA) is 37.0 Å². The fourth-order valence-electron chi connectivity index (χ4n) is 3.80. The Bertz CT molecular complexity index is 879. The number of methoxy groups -OCH3 is 1. The molecular weight excluding hydrogens is 284 g/mol. The molecule has 0 aliphatic carbocycles. The zero-order chi connectivity index (χ0) is 16.0. The maximum absolute atomic E-state index is 5.46. The molecule has 2 aromatic carbocycles. The zero-order valence-electron chi connectivity index (χ0n) is 13.9. The number of rotatable bonds is 2. The van der Waals surface area contributed by atoms with E-state index in [-0.39, 0.29) is 6.04 Å². The van der Waals surface area contributed by atoms with Gasteiger partial charge in [0.25, 0.3) is 0 Å². The van der Waals surface area contributed by atoms with Crippen LogP contribution < -0.4 is 10.1 Å². The molecule has 23 heavy (non-hydrogen) atoms. The molecule has 1 aromatic heterocycles. The molecule has 2 heterocycles. The molecule has 0 saturated heterocycles. The van der Waals surface area contributed by atoms with Gasteiger partial charge in [0.15, 0.2) is 0 Å². The van der Waals surface area contributed by atoms with E-state index in [1.807, 2.05) is 0 Å². The van der Waals surface area contributed by atoms with Gasteiger partial charge < -0.3 is 15.0 Å². The van der Waals surface area contributed by atoms with Gasteiger partial charge in [0.05, 0.1) is 13.2 Å². The van der Waals surface area contributed by atoms with Crippen LogP contribution in [0.25, 0.3) is 10.9 Å². The average molecular weight is 306 g/mol. The number of hydrogen-bond donors (Lipinski definition) is 2. The summed E-state index contributed by atoms with van der Waals surface area (Å²) in [4.78, 5) is 3.65. The molecule has 4 rings (SSSR count). The van der Waals surface area contributed by atoms with Crippen LogP contribution >= 0.6 is 0 Å². The summed E-state index contributed by atoms with van der Waals surface area (Å²) in [6, 6.07) is 13.1. The highest BCUT2D eigenvalue weighted by Gasteiger charge is 2.26. The molecule has 3 aromatic rings. The first-order chi connectivity index (χ1) is 11.2. The van der Waals surface area contributed by atoms with Gasteiger partial charge in [0.1, 0.15) is 5.75 Å². The lowest BCUT2D eigenvalue weighted by Gasteiger charge is -2.27. The van der Waals surface area contributed by atoms with E-state index < -0.39 is 0 Å². The van der Waals surface area contributed by atoms with E-state index in [9.17, 15) is 0 Å². The van der Waals surface area contributed by atoms with Crippen molar-refractivity contribution >= 4 is 10.9 Å². The van der Waals surface area contributed by atoms with Crippen molar-refractivity contribution in [2.45, 2.75) is 26.3 Å². The van der Waals surface area contributed by atoms with E-state index in [0.29, 0.717) is 0 Å². The van der Waals surface area contributed by atoms with E-state index in [0.717, 1.165) is 18.7 Å². The Morgan fingerprint density at radius 1 is 1.04 bits per heavy atom. The van der Waals surface area contributed by atoms with E-state index in [2.05, 4.69) is 60.5 Å². The number of ether oxygens (including phenoxy) is 1. The van der Waals surface area contributed by atoms with E-state index in [1.165, 1.54) is 38.9 Å². The van der Waals surface area contributed by atoms with Crippen LogP contribution in [0.1, 0.15) is 34.0 Å². The first-order valence-electron chi connectivity index (χ1n) is 8.17. The number of H-pyrrole nitrogens is 1. The SMILES string of the molecule is COc1ccc(C2NCCc3c2[nH]c2ccccc32)c(C)c1C. The van der Waals surface area contributed by atoms with Gasteiger partial charge in [0.2, 0.25) is 0 Å². The summed E-state index contributed by atoms with van der Waals surface area (Å²) >= 11 is 0. The monoisotopic (exact) mass is 306 g/mol. The molecule has 118 valence electrons. The molecule has 1 unspecified atom stereocenters. The highest BCUT2D eigenvalue weighted by Crippen LogP contribution is 2.36. The van der Waals surface area contributed by atoms with Gasteiger partial charge in [-0.15, -0.1) is 0 Å². The zero-order valence-corrected chi connectivity index (χ0v) is 13.9. The van der Waals surface area contributed by atoms with Crippen molar-refractivity contribution in [2.24, 2.45) is 0 Å². The predicted octanol–water partition coefficient (Wildman–Crippen LogP) is 4.03. The summed E-state index contributed by atoms with van der Waals surface area (Å²) in [5, 5.41) is 5.04. The summed E-state index contributed by atoms with van der Waals surface area (Å²) in [5.74, 6) is 0.957. The second-order valence-corrected chi connectivity index (χ2v) is 6.31. The predicted molar refractivity (Wildman–Crippen MR) is 94.3 cm³/mol. The van der Waals surface area contributed by atoms with Crippen LogP contribution in [0.3, 0.4) is 0 Å². The first kappa shape index (κ1) is 14.3. The molecule has 1 aliphatic heterocycles.